The standard InChI is InChI=1S/C13H17BrFNO2/c1-17-10-5-4-9(12(18-2)11(10)14)13(15)6-3-7-16-8-13/h4-5,16H,3,6-8H2,1-2H3. The Balaban J connectivity index is 2.46. The smallest absolute Gasteiger partial charge is 0.152 e. The highest BCUT2D eigenvalue weighted by Gasteiger charge is 2.37. The van der Waals surface area contributed by atoms with E-state index < -0.39 is 5.67 Å². The van der Waals surface area contributed by atoms with E-state index in [0.717, 1.165) is 13.0 Å². The Bertz CT molecular complexity index is 433. The summed E-state index contributed by atoms with van der Waals surface area (Å²) in [7, 11) is 3.12. The second-order valence-corrected chi connectivity index (χ2v) is 5.20. The summed E-state index contributed by atoms with van der Waals surface area (Å²) < 4.78 is 26.2. The first-order chi connectivity index (χ1) is 8.62. The summed E-state index contributed by atoms with van der Waals surface area (Å²) in [5, 5.41) is 3.10. The number of hydrogen-bond acceptors (Lipinski definition) is 3. The third-order valence-corrected chi connectivity index (χ3v) is 4.05. The fraction of sp³-hybridized carbons (Fsp3) is 0.538. The molecule has 0 aliphatic carbocycles. The molecule has 2 rings (SSSR count). The number of alkyl halides is 1. The Morgan fingerprint density at radius 3 is 2.67 bits per heavy atom. The normalized spacial score (nSPS) is 23.8. The quantitative estimate of drug-likeness (QED) is 0.929. The van der Waals surface area contributed by atoms with Gasteiger partial charge < -0.3 is 14.8 Å². The lowest BCUT2D eigenvalue weighted by Crippen LogP contribution is -2.40. The van der Waals surface area contributed by atoms with Gasteiger partial charge >= 0.3 is 0 Å². The van der Waals surface area contributed by atoms with Gasteiger partial charge in [-0.3, -0.25) is 0 Å². The monoisotopic (exact) mass is 317 g/mol. The van der Waals surface area contributed by atoms with Crippen LogP contribution >= 0.6 is 15.9 Å². The van der Waals surface area contributed by atoms with E-state index in [2.05, 4.69) is 21.2 Å². The van der Waals surface area contributed by atoms with Crippen molar-refractivity contribution in [2.75, 3.05) is 27.3 Å². The molecule has 1 aliphatic heterocycles. The first-order valence-corrected chi connectivity index (χ1v) is 6.72. The van der Waals surface area contributed by atoms with Crippen molar-refractivity contribution < 1.29 is 13.9 Å². The fourth-order valence-electron chi connectivity index (χ4n) is 2.35. The molecule has 1 fully saturated rings. The van der Waals surface area contributed by atoms with E-state index >= 15 is 0 Å². The van der Waals surface area contributed by atoms with Crippen LogP contribution in [0.3, 0.4) is 0 Å². The summed E-state index contributed by atoms with van der Waals surface area (Å²) in [4.78, 5) is 0. The van der Waals surface area contributed by atoms with Gasteiger partial charge in [0.2, 0.25) is 0 Å². The molecule has 1 aromatic rings. The van der Waals surface area contributed by atoms with Gasteiger partial charge in [0.25, 0.3) is 0 Å². The van der Waals surface area contributed by atoms with Gasteiger partial charge in [-0.15, -0.1) is 0 Å². The van der Waals surface area contributed by atoms with Gasteiger partial charge in [-0.05, 0) is 47.4 Å². The molecule has 1 unspecified atom stereocenters. The van der Waals surface area contributed by atoms with Crippen molar-refractivity contribution in [2.45, 2.75) is 18.5 Å². The average Bonchev–Trinajstić information content (AvgIpc) is 2.39. The van der Waals surface area contributed by atoms with Crippen LogP contribution in [0.2, 0.25) is 0 Å². The Labute approximate surface area is 115 Å². The van der Waals surface area contributed by atoms with Crippen molar-refractivity contribution in [1.82, 2.24) is 5.32 Å². The Hall–Kier alpha value is -0.810. The fourth-order valence-corrected chi connectivity index (χ4v) is 3.02. The maximum atomic E-state index is 15.0. The third-order valence-electron chi connectivity index (χ3n) is 3.30. The van der Waals surface area contributed by atoms with Crippen LogP contribution in [0.5, 0.6) is 11.5 Å². The summed E-state index contributed by atoms with van der Waals surface area (Å²) in [5.41, 5.74) is -0.803. The number of ether oxygens (including phenoxy) is 2. The van der Waals surface area contributed by atoms with Crippen LogP contribution in [0.4, 0.5) is 4.39 Å². The van der Waals surface area contributed by atoms with Crippen LogP contribution in [0.25, 0.3) is 0 Å². The SMILES string of the molecule is COc1ccc(C2(F)CCCNC2)c(OC)c1Br. The zero-order chi connectivity index (χ0) is 13.2. The molecule has 0 bridgehead atoms. The topological polar surface area (TPSA) is 30.5 Å². The zero-order valence-electron chi connectivity index (χ0n) is 10.6. The molecule has 1 atom stereocenters. The van der Waals surface area contributed by atoms with E-state index in [9.17, 15) is 4.39 Å². The third kappa shape index (κ3) is 2.34. The van der Waals surface area contributed by atoms with Crippen molar-refractivity contribution in [3.05, 3.63) is 22.2 Å². The molecule has 100 valence electrons. The van der Waals surface area contributed by atoms with Gasteiger partial charge in [0.1, 0.15) is 16.0 Å². The van der Waals surface area contributed by atoms with E-state index in [0.29, 0.717) is 34.5 Å². The molecule has 5 heteroatoms. The number of methoxy groups -OCH3 is 2. The van der Waals surface area contributed by atoms with Gasteiger partial charge in [0.05, 0.1) is 14.2 Å². The lowest BCUT2D eigenvalue weighted by Gasteiger charge is -2.32. The minimum absolute atomic E-state index is 0.322. The molecular formula is C13H17BrFNO2. The summed E-state index contributed by atoms with van der Waals surface area (Å²) >= 11 is 3.41. The molecule has 0 saturated carbocycles. The second kappa shape index (κ2) is 5.45. The lowest BCUT2D eigenvalue weighted by atomic mass is 9.87. The van der Waals surface area contributed by atoms with Crippen molar-refractivity contribution >= 4 is 15.9 Å². The van der Waals surface area contributed by atoms with Crippen LogP contribution in [-0.4, -0.2) is 27.3 Å². The van der Waals surface area contributed by atoms with Gasteiger partial charge in [0.15, 0.2) is 5.67 Å². The van der Waals surface area contributed by atoms with Crippen molar-refractivity contribution in [2.24, 2.45) is 0 Å². The highest BCUT2D eigenvalue weighted by Crippen LogP contribution is 2.45. The first-order valence-electron chi connectivity index (χ1n) is 5.93. The van der Waals surface area contributed by atoms with Crippen LogP contribution < -0.4 is 14.8 Å². The molecule has 0 radical (unpaired) electrons. The Morgan fingerprint density at radius 1 is 1.33 bits per heavy atom. The molecule has 0 aromatic heterocycles. The van der Waals surface area contributed by atoms with E-state index in [1.807, 2.05) is 0 Å². The molecule has 1 aliphatic rings. The van der Waals surface area contributed by atoms with Crippen LogP contribution in [0, 0.1) is 0 Å². The molecule has 1 heterocycles. The minimum atomic E-state index is -1.38. The summed E-state index contributed by atoms with van der Waals surface area (Å²) in [6, 6.07) is 3.51. The number of piperidine rings is 1. The zero-order valence-corrected chi connectivity index (χ0v) is 12.1. The van der Waals surface area contributed by atoms with E-state index in [1.165, 1.54) is 0 Å². The van der Waals surface area contributed by atoms with E-state index in [-0.39, 0.29) is 0 Å². The number of benzene rings is 1. The highest BCUT2D eigenvalue weighted by molar-refractivity contribution is 9.10. The maximum Gasteiger partial charge on any atom is 0.152 e. The average molecular weight is 318 g/mol. The summed E-state index contributed by atoms with van der Waals surface area (Å²) in [5.74, 6) is 1.16. The number of nitrogens with one attached hydrogen (secondary N) is 1. The first kappa shape index (κ1) is 13.6. The molecule has 3 nitrogen and oxygen atoms in total. The minimum Gasteiger partial charge on any atom is -0.495 e. The predicted octanol–water partition coefficient (Wildman–Crippen LogP) is 3.01. The summed E-state index contributed by atoms with van der Waals surface area (Å²) in [6.07, 6.45) is 1.33. The molecule has 1 N–H and O–H groups in total. The van der Waals surface area contributed by atoms with Crippen molar-refractivity contribution in [3.8, 4) is 11.5 Å². The van der Waals surface area contributed by atoms with Crippen LogP contribution in [0.15, 0.2) is 16.6 Å². The van der Waals surface area contributed by atoms with Crippen LogP contribution in [0.1, 0.15) is 18.4 Å². The van der Waals surface area contributed by atoms with Crippen LogP contribution in [-0.2, 0) is 5.67 Å². The number of rotatable bonds is 3. The van der Waals surface area contributed by atoms with Gasteiger partial charge in [-0.2, -0.15) is 0 Å². The predicted molar refractivity (Wildman–Crippen MR) is 72.1 cm³/mol. The lowest BCUT2D eigenvalue weighted by molar-refractivity contribution is 0.118. The van der Waals surface area contributed by atoms with Crippen molar-refractivity contribution in [3.63, 3.8) is 0 Å². The molecule has 0 spiro atoms. The molecular weight excluding hydrogens is 301 g/mol. The number of halogens is 2. The molecule has 1 saturated heterocycles. The largest absolute Gasteiger partial charge is 0.495 e. The Morgan fingerprint density at radius 2 is 2.11 bits per heavy atom. The summed E-state index contributed by atoms with van der Waals surface area (Å²) in [6.45, 7) is 1.19. The molecule has 0 amide bonds. The Kier molecular flexibility index (Phi) is 4.12. The molecule has 18 heavy (non-hydrogen) atoms. The number of hydrogen-bond donors (Lipinski definition) is 1. The van der Waals surface area contributed by atoms with E-state index in [4.69, 9.17) is 9.47 Å². The van der Waals surface area contributed by atoms with Gasteiger partial charge in [0, 0.05) is 12.1 Å². The molecule has 1 aromatic carbocycles. The van der Waals surface area contributed by atoms with Crippen molar-refractivity contribution in [1.29, 1.82) is 0 Å². The maximum absolute atomic E-state index is 15.0. The highest BCUT2D eigenvalue weighted by atomic mass is 79.9. The second-order valence-electron chi connectivity index (χ2n) is 4.41. The van der Waals surface area contributed by atoms with Gasteiger partial charge in [-0.1, -0.05) is 0 Å². The van der Waals surface area contributed by atoms with Gasteiger partial charge in [-0.25, -0.2) is 4.39 Å². The van der Waals surface area contributed by atoms with E-state index in [1.54, 1.807) is 26.4 Å².